The van der Waals surface area contributed by atoms with Crippen LogP contribution in [0.25, 0.3) is 0 Å². The van der Waals surface area contributed by atoms with Gasteiger partial charge in [0, 0.05) is 12.6 Å². The monoisotopic (exact) mass is 351 g/mol. The van der Waals surface area contributed by atoms with Gasteiger partial charge in [0.15, 0.2) is 0 Å². The minimum Gasteiger partial charge on any atom is -0.497 e. The molecule has 1 unspecified atom stereocenters. The van der Waals surface area contributed by atoms with Crippen LogP contribution >= 0.6 is 15.9 Å². The van der Waals surface area contributed by atoms with Crippen molar-refractivity contribution in [3.63, 3.8) is 0 Å². The van der Waals surface area contributed by atoms with Gasteiger partial charge in [0.1, 0.15) is 11.6 Å². The van der Waals surface area contributed by atoms with Gasteiger partial charge in [-0.1, -0.05) is 25.1 Å². The first kappa shape index (κ1) is 16.0. The summed E-state index contributed by atoms with van der Waals surface area (Å²) < 4.78 is 19.2. The maximum atomic E-state index is 13.5. The molecule has 0 radical (unpaired) electrons. The van der Waals surface area contributed by atoms with Crippen molar-refractivity contribution in [1.29, 1.82) is 0 Å². The molecule has 0 aliphatic carbocycles. The molecule has 0 bridgehead atoms. The van der Waals surface area contributed by atoms with Crippen molar-refractivity contribution in [1.82, 2.24) is 5.32 Å². The Balaban J connectivity index is 2.02. The zero-order valence-electron chi connectivity index (χ0n) is 12.2. The van der Waals surface area contributed by atoms with E-state index in [1.165, 1.54) is 5.56 Å². The van der Waals surface area contributed by atoms with Crippen LogP contribution in [0.4, 0.5) is 4.39 Å². The lowest BCUT2D eigenvalue weighted by Gasteiger charge is -2.18. The number of hydrogen-bond acceptors (Lipinski definition) is 2. The third-order valence-corrected chi connectivity index (χ3v) is 4.11. The van der Waals surface area contributed by atoms with Gasteiger partial charge in [0.2, 0.25) is 0 Å². The van der Waals surface area contributed by atoms with Crippen LogP contribution < -0.4 is 10.1 Å². The van der Waals surface area contributed by atoms with Crippen molar-refractivity contribution in [2.45, 2.75) is 25.9 Å². The molecular formula is C17H19BrFNO. The number of rotatable bonds is 6. The van der Waals surface area contributed by atoms with Crippen molar-refractivity contribution >= 4 is 15.9 Å². The molecular weight excluding hydrogens is 333 g/mol. The Labute approximate surface area is 133 Å². The van der Waals surface area contributed by atoms with Gasteiger partial charge in [-0.05, 0) is 57.7 Å². The summed E-state index contributed by atoms with van der Waals surface area (Å²) in [5.41, 5.74) is 2.14. The maximum Gasteiger partial charge on any atom is 0.137 e. The van der Waals surface area contributed by atoms with E-state index in [2.05, 4.69) is 40.3 Å². The third-order valence-electron chi connectivity index (χ3n) is 3.46. The third kappa shape index (κ3) is 4.29. The van der Waals surface area contributed by atoms with E-state index >= 15 is 0 Å². The van der Waals surface area contributed by atoms with Crippen LogP contribution in [0.15, 0.2) is 46.9 Å². The van der Waals surface area contributed by atoms with Crippen LogP contribution in [0.1, 0.15) is 30.5 Å². The van der Waals surface area contributed by atoms with Gasteiger partial charge in [-0.2, -0.15) is 0 Å². The smallest absolute Gasteiger partial charge is 0.137 e. The summed E-state index contributed by atoms with van der Waals surface area (Å²) in [6.45, 7) is 2.76. The Morgan fingerprint density at radius 3 is 2.48 bits per heavy atom. The molecule has 2 nitrogen and oxygen atoms in total. The van der Waals surface area contributed by atoms with E-state index in [4.69, 9.17) is 4.74 Å². The van der Waals surface area contributed by atoms with Crippen molar-refractivity contribution in [3.05, 3.63) is 63.9 Å². The molecule has 0 amide bonds. The van der Waals surface area contributed by atoms with Crippen LogP contribution in [-0.4, -0.2) is 7.11 Å². The summed E-state index contributed by atoms with van der Waals surface area (Å²) in [4.78, 5) is 0. The molecule has 1 atom stereocenters. The maximum absolute atomic E-state index is 13.5. The Morgan fingerprint density at radius 1 is 1.19 bits per heavy atom. The highest BCUT2D eigenvalue weighted by atomic mass is 79.9. The topological polar surface area (TPSA) is 21.3 Å². The van der Waals surface area contributed by atoms with E-state index in [-0.39, 0.29) is 11.9 Å². The molecule has 0 heterocycles. The normalized spacial score (nSPS) is 12.2. The Bertz CT molecular complexity index is 586. The van der Waals surface area contributed by atoms with E-state index in [9.17, 15) is 4.39 Å². The first-order chi connectivity index (χ1) is 10.1. The molecule has 0 aliphatic rings. The lowest BCUT2D eigenvalue weighted by Crippen LogP contribution is -2.20. The summed E-state index contributed by atoms with van der Waals surface area (Å²) in [5.74, 6) is 0.621. The Morgan fingerprint density at radius 2 is 1.90 bits per heavy atom. The van der Waals surface area contributed by atoms with Crippen LogP contribution in [-0.2, 0) is 6.54 Å². The van der Waals surface area contributed by atoms with Gasteiger partial charge in [0.05, 0.1) is 11.6 Å². The molecule has 0 fully saturated rings. The second-order valence-corrected chi connectivity index (χ2v) is 5.72. The minimum absolute atomic E-state index is 0.230. The molecule has 1 N–H and O–H groups in total. The summed E-state index contributed by atoms with van der Waals surface area (Å²) in [6.07, 6.45) is 0.964. The predicted molar refractivity (Wildman–Crippen MR) is 87.0 cm³/mol. The van der Waals surface area contributed by atoms with Crippen molar-refractivity contribution in [3.8, 4) is 5.75 Å². The molecule has 0 aliphatic heterocycles. The molecule has 2 aromatic rings. The van der Waals surface area contributed by atoms with Gasteiger partial charge in [0.25, 0.3) is 0 Å². The van der Waals surface area contributed by atoms with Crippen molar-refractivity contribution in [2.75, 3.05) is 7.11 Å². The molecule has 2 aromatic carbocycles. The van der Waals surface area contributed by atoms with E-state index < -0.39 is 0 Å². The largest absolute Gasteiger partial charge is 0.497 e. The number of hydrogen-bond donors (Lipinski definition) is 1. The molecule has 2 rings (SSSR count). The first-order valence-electron chi connectivity index (χ1n) is 6.95. The van der Waals surface area contributed by atoms with Gasteiger partial charge in [-0.15, -0.1) is 0 Å². The van der Waals surface area contributed by atoms with Gasteiger partial charge in [-0.25, -0.2) is 4.39 Å². The van der Waals surface area contributed by atoms with Gasteiger partial charge in [-0.3, -0.25) is 0 Å². The summed E-state index contributed by atoms with van der Waals surface area (Å²) in [6, 6.07) is 13.5. The number of nitrogens with one attached hydrogen (secondary N) is 1. The average molecular weight is 352 g/mol. The zero-order chi connectivity index (χ0) is 15.2. The second kappa shape index (κ2) is 7.57. The SMILES string of the molecule is CCC(NCc1ccc(Br)c(F)c1)c1ccc(OC)cc1. The fourth-order valence-electron chi connectivity index (χ4n) is 2.22. The van der Waals surface area contributed by atoms with E-state index in [0.29, 0.717) is 11.0 Å². The summed E-state index contributed by atoms with van der Waals surface area (Å²) in [7, 11) is 1.66. The lowest BCUT2D eigenvalue weighted by atomic mass is 10.0. The molecule has 0 spiro atoms. The lowest BCUT2D eigenvalue weighted by molar-refractivity contribution is 0.414. The molecule has 0 aromatic heterocycles. The van der Waals surface area contributed by atoms with Crippen molar-refractivity contribution < 1.29 is 9.13 Å². The highest BCUT2D eigenvalue weighted by Gasteiger charge is 2.09. The second-order valence-electron chi connectivity index (χ2n) is 4.86. The fourth-order valence-corrected chi connectivity index (χ4v) is 2.47. The van der Waals surface area contributed by atoms with Crippen LogP contribution in [0.3, 0.4) is 0 Å². The number of benzene rings is 2. The molecule has 21 heavy (non-hydrogen) atoms. The molecule has 112 valence electrons. The first-order valence-corrected chi connectivity index (χ1v) is 7.74. The standard InChI is InChI=1S/C17H19BrFNO/c1-3-17(13-5-7-14(21-2)8-6-13)20-11-12-4-9-15(18)16(19)10-12/h4-10,17,20H,3,11H2,1-2H3. The summed E-state index contributed by atoms with van der Waals surface area (Å²) >= 11 is 3.17. The number of methoxy groups -OCH3 is 1. The van der Waals surface area contributed by atoms with Gasteiger partial charge >= 0.3 is 0 Å². The molecule has 4 heteroatoms. The van der Waals surface area contributed by atoms with Crippen LogP contribution in [0.5, 0.6) is 5.75 Å². The minimum atomic E-state index is -0.230. The summed E-state index contributed by atoms with van der Waals surface area (Å²) in [5, 5.41) is 3.46. The number of halogens is 2. The van der Waals surface area contributed by atoms with Crippen LogP contribution in [0.2, 0.25) is 0 Å². The predicted octanol–water partition coefficient (Wildman–Crippen LogP) is 4.84. The van der Waals surface area contributed by atoms with Crippen LogP contribution in [0, 0.1) is 5.82 Å². The Kier molecular flexibility index (Phi) is 5.76. The molecule has 0 saturated heterocycles. The quantitative estimate of drug-likeness (QED) is 0.803. The van der Waals surface area contributed by atoms with Gasteiger partial charge < -0.3 is 10.1 Å². The van der Waals surface area contributed by atoms with E-state index in [1.54, 1.807) is 19.2 Å². The van der Waals surface area contributed by atoms with E-state index in [0.717, 1.165) is 17.7 Å². The fraction of sp³-hybridized carbons (Fsp3) is 0.294. The highest BCUT2D eigenvalue weighted by molar-refractivity contribution is 9.10. The highest BCUT2D eigenvalue weighted by Crippen LogP contribution is 2.21. The Hall–Kier alpha value is -1.39. The average Bonchev–Trinajstić information content (AvgIpc) is 2.52. The van der Waals surface area contributed by atoms with E-state index in [1.807, 2.05) is 18.2 Å². The zero-order valence-corrected chi connectivity index (χ0v) is 13.8. The molecule has 0 saturated carbocycles. The number of ether oxygens (including phenoxy) is 1. The van der Waals surface area contributed by atoms with Crippen molar-refractivity contribution in [2.24, 2.45) is 0 Å².